The topological polar surface area (TPSA) is 72.6 Å². The summed E-state index contributed by atoms with van der Waals surface area (Å²) in [5, 5.41) is 8.75. The quantitative estimate of drug-likeness (QED) is 0.877. The van der Waals surface area contributed by atoms with E-state index in [1.165, 1.54) is 0 Å². The molecule has 0 saturated carbocycles. The second kappa shape index (κ2) is 6.23. The summed E-state index contributed by atoms with van der Waals surface area (Å²) < 4.78 is 11.1. The molecular weight excluding hydrogens is 258 g/mol. The summed E-state index contributed by atoms with van der Waals surface area (Å²) in [6, 6.07) is 7.77. The van der Waals surface area contributed by atoms with Gasteiger partial charge in [-0.3, -0.25) is 4.79 Å². The maximum absolute atomic E-state index is 10.7. The van der Waals surface area contributed by atoms with Crippen LogP contribution in [0.15, 0.2) is 28.7 Å². The van der Waals surface area contributed by atoms with Gasteiger partial charge in [-0.15, -0.1) is 0 Å². The van der Waals surface area contributed by atoms with Crippen LogP contribution in [0.1, 0.15) is 22.9 Å². The van der Waals surface area contributed by atoms with E-state index in [4.69, 9.17) is 14.3 Å². The minimum Gasteiger partial charge on any atom is -0.493 e. The Hall–Kier alpha value is -2.30. The van der Waals surface area contributed by atoms with Crippen molar-refractivity contribution in [1.82, 2.24) is 4.98 Å². The van der Waals surface area contributed by atoms with E-state index in [0.717, 1.165) is 11.3 Å². The van der Waals surface area contributed by atoms with E-state index >= 15 is 0 Å². The molecule has 0 radical (unpaired) electrons. The van der Waals surface area contributed by atoms with E-state index in [-0.39, 0.29) is 6.42 Å². The molecule has 5 heteroatoms. The number of benzene rings is 1. The van der Waals surface area contributed by atoms with E-state index in [0.29, 0.717) is 30.4 Å². The van der Waals surface area contributed by atoms with Crippen LogP contribution in [0.2, 0.25) is 0 Å². The van der Waals surface area contributed by atoms with Gasteiger partial charge in [-0.2, -0.15) is 0 Å². The minimum atomic E-state index is -0.913. The number of carboxylic acids is 1. The third kappa shape index (κ3) is 3.60. The Bertz CT molecular complexity index is 604. The highest BCUT2D eigenvalue weighted by Gasteiger charge is 2.12. The number of hydrogen-bond donors (Lipinski definition) is 1. The highest BCUT2D eigenvalue weighted by atomic mass is 16.5. The molecule has 1 heterocycles. The van der Waals surface area contributed by atoms with Crippen LogP contribution in [0, 0.1) is 13.8 Å². The molecule has 0 aliphatic carbocycles. The molecule has 106 valence electrons. The van der Waals surface area contributed by atoms with Crippen LogP contribution in [-0.4, -0.2) is 22.7 Å². The van der Waals surface area contributed by atoms with Gasteiger partial charge in [0.15, 0.2) is 5.89 Å². The van der Waals surface area contributed by atoms with Crippen molar-refractivity contribution in [2.24, 2.45) is 0 Å². The Labute approximate surface area is 117 Å². The molecule has 1 N–H and O–H groups in total. The van der Waals surface area contributed by atoms with Crippen molar-refractivity contribution in [3.8, 4) is 5.75 Å². The lowest BCUT2D eigenvalue weighted by Crippen LogP contribution is -2.04. The van der Waals surface area contributed by atoms with Crippen LogP contribution < -0.4 is 4.74 Å². The molecule has 0 unspecified atom stereocenters. The van der Waals surface area contributed by atoms with Crippen molar-refractivity contribution in [2.45, 2.75) is 26.7 Å². The third-order valence-corrected chi connectivity index (χ3v) is 2.92. The molecule has 0 spiro atoms. The number of rotatable bonds is 6. The number of aromatic nitrogens is 1. The summed E-state index contributed by atoms with van der Waals surface area (Å²) >= 11 is 0. The molecular formula is C15H17NO4. The van der Waals surface area contributed by atoms with E-state index < -0.39 is 5.97 Å². The predicted molar refractivity (Wildman–Crippen MR) is 73.0 cm³/mol. The lowest BCUT2D eigenvalue weighted by atomic mass is 10.2. The van der Waals surface area contributed by atoms with Gasteiger partial charge >= 0.3 is 5.97 Å². The van der Waals surface area contributed by atoms with Crippen molar-refractivity contribution in [3.05, 3.63) is 47.2 Å². The standard InChI is InChI=1S/C15H17NO4/c1-10-5-3-4-6-13(10)19-8-7-14-16-12(9-15(17)18)11(2)20-14/h3-6H,7-9H2,1-2H3,(H,17,18). The summed E-state index contributed by atoms with van der Waals surface area (Å²) in [6.45, 7) is 4.14. The number of para-hydroxylation sites is 1. The molecule has 1 aromatic carbocycles. The fraction of sp³-hybridized carbons (Fsp3) is 0.333. The van der Waals surface area contributed by atoms with Gasteiger partial charge in [0, 0.05) is 0 Å². The smallest absolute Gasteiger partial charge is 0.309 e. The van der Waals surface area contributed by atoms with Crippen molar-refractivity contribution >= 4 is 5.97 Å². The Kier molecular flexibility index (Phi) is 4.40. The number of carbonyl (C=O) groups is 1. The molecule has 0 atom stereocenters. The zero-order valence-electron chi connectivity index (χ0n) is 11.5. The summed E-state index contributed by atoms with van der Waals surface area (Å²) in [5.74, 6) is 0.983. The Balaban J connectivity index is 1.91. The van der Waals surface area contributed by atoms with Crippen LogP contribution in [0.25, 0.3) is 0 Å². The SMILES string of the molecule is Cc1ccccc1OCCc1nc(CC(=O)O)c(C)o1. The first kappa shape index (κ1) is 14.1. The Morgan fingerprint density at radius 1 is 1.35 bits per heavy atom. The predicted octanol–water partition coefficient (Wildman–Crippen LogP) is 2.54. The first-order chi connectivity index (χ1) is 9.56. The normalized spacial score (nSPS) is 10.5. The zero-order valence-corrected chi connectivity index (χ0v) is 11.5. The summed E-state index contributed by atoms with van der Waals surface area (Å²) in [4.78, 5) is 14.8. The number of hydrogen-bond acceptors (Lipinski definition) is 4. The van der Waals surface area contributed by atoms with E-state index in [1.807, 2.05) is 31.2 Å². The molecule has 1 aromatic heterocycles. The number of aryl methyl sites for hydroxylation is 2. The van der Waals surface area contributed by atoms with Crippen molar-refractivity contribution in [1.29, 1.82) is 0 Å². The molecule has 0 aliphatic heterocycles. The van der Waals surface area contributed by atoms with Crippen LogP contribution in [-0.2, 0) is 17.6 Å². The molecule has 0 bridgehead atoms. The highest BCUT2D eigenvalue weighted by molar-refractivity contribution is 5.69. The zero-order chi connectivity index (χ0) is 14.5. The summed E-state index contributed by atoms with van der Waals surface area (Å²) in [5.41, 5.74) is 1.55. The number of carboxylic acid groups (broad SMARTS) is 1. The van der Waals surface area contributed by atoms with Crippen molar-refractivity contribution < 1.29 is 19.1 Å². The van der Waals surface area contributed by atoms with Crippen LogP contribution in [0.5, 0.6) is 5.75 Å². The van der Waals surface area contributed by atoms with Crippen LogP contribution in [0.4, 0.5) is 0 Å². The average molecular weight is 275 g/mol. The van der Waals surface area contributed by atoms with Crippen molar-refractivity contribution in [3.63, 3.8) is 0 Å². The van der Waals surface area contributed by atoms with Gasteiger partial charge in [-0.05, 0) is 25.5 Å². The monoisotopic (exact) mass is 275 g/mol. The van der Waals surface area contributed by atoms with Gasteiger partial charge in [-0.25, -0.2) is 4.98 Å². The lowest BCUT2D eigenvalue weighted by molar-refractivity contribution is -0.136. The largest absolute Gasteiger partial charge is 0.493 e. The molecule has 2 rings (SSSR count). The van der Waals surface area contributed by atoms with Gasteiger partial charge in [0.25, 0.3) is 0 Å². The Morgan fingerprint density at radius 3 is 2.80 bits per heavy atom. The third-order valence-electron chi connectivity index (χ3n) is 2.92. The molecule has 5 nitrogen and oxygen atoms in total. The maximum Gasteiger partial charge on any atom is 0.309 e. The second-order valence-corrected chi connectivity index (χ2v) is 4.54. The minimum absolute atomic E-state index is 0.117. The van der Waals surface area contributed by atoms with E-state index in [1.54, 1.807) is 6.92 Å². The first-order valence-corrected chi connectivity index (χ1v) is 6.41. The number of ether oxygens (including phenoxy) is 1. The van der Waals surface area contributed by atoms with Gasteiger partial charge in [-0.1, -0.05) is 18.2 Å². The van der Waals surface area contributed by atoms with E-state index in [9.17, 15) is 4.79 Å². The number of oxazole rings is 1. The molecule has 0 amide bonds. The average Bonchev–Trinajstić information content (AvgIpc) is 2.72. The Morgan fingerprint density at radius 2 is 2.10 bits per heavy atom. The number of aliphatic carboxylic acids is 1. The maximum atomic E-state index is 10.7. The van der Waals surface area contributed by atoms with Gasteiger partial charge in [0.05, 0.1) is 25.1 Å². The summed E-state index contributed by atoms with van der Waals surface area (Å²) in [7, 11) is 0. The lowest BCUT2D eigenvalue weighted by Gasteiger charge is -2.07. The summed E-state index contributed by atoms with van der Waals surface area (Å²) in [6.07, 6.45) is 0.392. The number of nitrogens with zero attached hydrogens (tertiary/aromatic N) is 1. The van der Waals surface area contributed by atoms with Crippen LogP contribution in [0.3, 0.4) is 0 Å². The highest BCUT2D eigenvalue weighted by Crippen LogP contribution is 2.17. The van der Waals surface area contributed by atoms with Crippen LogP contribution >= 0.6 is 0 Å². The molecule has 0 fully saturated rings. The van der Waals surface area contributed by atoms with Crippen molar-refractivity contribution in [2.75, 3.05) is 6.61 Å². The fourth-order valence-electron chi connectivity index (χ4n) is 1.87. The molecule has 20 heavy (non-hydrogen) atoms. The second-order valence-electron chi connectivity index (χ2n) is 4.54. The first-order valence-electron chi connectivity index (χ1n) is 6.41. The molecule has 0 aliphatic rings. The molecule has 0 saturated heterocycles. The van der Waals surface area contributed by atoms with Gasteiger partial charge in [0.2, 0.25) is 0 Å². The molecule has 2 aromatic rings. The van der Waals surface area contributed by atoms with E-state index in [2.05, 4.69) is 4.98 Å². The van der Waals surface area contributed by atoms with Gasteiger partial charge < -0.3 is 14.3 Å². The van der Waals surface area contributed by atoms with Gasteiger partial charge in [0.1, 0.15) is 11.5 Å². The fourth-order valence-corrected chi connectivity index (χ4v) is 1.87.